The summed E-state index contributed by atoms with van der Waals surface area (Å²) in [6, 6.07) is 11.4. The fourth-order valence-electron chi connectivity index (χ4n) is 4.38. The quantitative estimate of drug-likeness (QED) is 0.640. The van der Waals surface area contributed by atoms with E-state index in [1.165, 1.54) is 5.57 Å². The number of phenols is 1. The fraction of sp³-hybridized carbons (Fsp3) is 0.440. The summed E-state index contributed by atoms with van der Waals surface area (Å²) >= 11 is 0. The summed E-state index contributed by atoms with van der Waals surface area (Å²) in [5, 5.41) is 9.89. The molecule has 0 radical (unpaired) electrons. The first-order valence-electron chi connectivity index (χ1n) is 10.6. The second-order valence-corrected chi connectivity index (χ2v) is 8.27. The van der Waals surface area contributed by atoms with E-state index in [1.54, 1.807) is 20.3 Å². The van der Waals surface area contributed by atoms with Crippen LogP contribution in [0.4, 0.5) is 0 Å². The molecule has 6 heteroatoms. The van der Waals surface area contributed by atoms with E-state index in [9.17, 15) is 5.11 Å². The monoisotopic (exact) mass is 426 g/mol. The van der Waals surface area contributed by atoms with Crippen molar-refractivity contribution >= 4 is 0 Å². The molecular weight excluding hydrogens is 396 g/mol. The Morgan fingerprint density at radius 1 is 0.903 bits per heavy atom. The number of methoxy groups -OCH3 is 2. The van der Waals surface area contributed by atoms with E-state index in [-0.39, 0.29) is 29.8 Å². The summed E-state index contributed by atoms with van der Waals surface area (Å²) < 4.78 is 29.1. The fourth-order valence-corrected chi connectivity index (χ4v) is 4.38. The van der Waals surface area contributed by atoms with Crippen molar-refractivity contribution in [1.29, 1.82) is 0 Å². The van der Waals surface area contributed by atoms with Crippen LogP contribution in [0.25, 0.3) is 0 Å². The molecule has 0 bridgehead atoms. The molecular formula is C25H30O6. The highest BCUT2D eigenvalue weighted by molar-refractivity contribution is 5.45. The third kappa shape index (κ3) is 4.36. The highest BCUT2D eigenvalue weighted by Crippen LogP contribution is 2.51. The first-order chi connectivity index (χ1) is 15.0. The number of benzene rings is 2. The van der Waals surface area contributed by atoms with Gasteiger partial charge in [-0.1, -0.05) is 17.7 Å². The molecule has 4 rings (SSSR count). The van der Waals surface area contributed by atoms with Crippen molar-refractivity contribution in [3.05, 3.63) is 59.2 Å². The van der Waals surface area contributed by atoms with Crippen molar-refractivity contribution < 1.29 is 28.8 Å². The van der Waals surface area contributed by atoms with E-state index in [4.69, 9.17) is 23.7 Å². The van der Waals surface area contributed by atoms with Crippen LogP contribution in [0, 0.1) is 11.8 Å². The average Bonchev–Trinajstić information content (AvgIpc) is 3.36. The van der Waals surface area contributed by atoms with Gasteiger partial charge in [-0.05, 0) is 55.3 Å². The molecule has 0 unspecified atom stereocenters. The van der Waals surface area contributed by atoms with Gasteiger partial charge in [-0.3, -0.25) is 0 Å². The number of aromatic hydroxyl groups is 1. The summed E-state index contributed by atoms with van der Waals surface area (Å²) in [5.74, 6) is 2.47. The minimum Gasteiger partial charge on any atom is -0.504 e. The number of fused-ring (bicyclic) bond motifs is 1. The smallest absolute Gasteiger partial charge is 0.161 e. The number of phenolic OH excluding ortho intramolecular Hbond substituents is 1. The molecule has 0 aliphatic carbocycles. The summed E-state index contributed by atoms with van der Waals surface area (Å²) in [6.07, 6.45) is 1.89. The van der Waals surface area contributed by atoms with Crippen molar-refractivity contribution in [1.82, 2.24) is 0 Å². The van der Waals surface area contributed by atoms with E-state index >= 15 is 0 Å². The Morgan fingerprint density at radius 2 is 1.48 bits per heavy atom. The molecule has 0 aromatic heterocycles. The minimum atomic E-state index is -0.0851. The predicted molar refractivity (Wildman–Crippen MR) is 117 cm³/mol. The molecule has 166 valence electrons. The van der Waals surface area contributed by atoms with Crippen LogP contribution in [0.2, 0.25) is 0 Å². The van der Waals surface area contributed by atoms with Crippen LogP contribution in [-0.2, 0) is 9.47 Å². The maximum atomic E-state index is 9.89. The van der Waals surface area contributed by atoms with Gasteiger partial charge < -0.3 is 28.8 Å². The zero-order valence-electron chi connectivity index (χ0n) is 18.5. The van der Waals surface area contributed by atoms with E-state index in [1.807, 2.05) is 50.3 Å². The number of rotatable bonds is 7. The largest absolute Gasteiger partial charge is 0.504 e. The van der Waals surface area contributed by atoms with Crippen LogP contribution >= 0.6 is 0 Å². The van der Waals surface area contributed by atoms with Gasteiger partial charge in [-0.25, -0.2) is 0 Å². The predicted octanol–water partition coefficient (Wildman–Crippen LogP) is 4.83. The molecule has 2 aromatic rings. The molecule has 2 saturated heterocycles. The summed E-state index contributed by atoms with van der Waals surface area (Å²) in [7, 11) is 3.20. The molecule has 0 saturated carbocycles. The van der Waals surface area contributed by atoms with E-state index < -0.39 is 0 Å². The molecule has 6 nitrogen and oxygen atoms in total. The molecule has 2 aliphatic heterocycles. The van der Waals surface area contributed by atoms with Crippen molar-refractivity contribution in [3.63, 3.8) is 0 Å². The Morgan fingerprint density at radius 3 is 2.06 bits per heavy atom. The molecule has 0 amide bonds. The lowest BCUT2D eigenvalue weighted by molar-refractivity contribution is 0.0191. The Kier molecular flexibility index (Phi) is 6.39. The lowest BCUT2D eigenvalue weighted by atomic mass is 9.85. The molecule has 0 spiro atoms. The normalized spacial score (nSPS) is 24.5. The van der Waals surface area contributed by atoms with Crippen LogP contribution < -0.4 is 14.2 Å². The first kappa shape index (κ1) is 21.5. The molecule has 2 heterocycles. The summed E-state index contributed by atoms with van der Waals surface area (Å²) in [5.41, 5.74) is 3.27. The molecule has 1 N–H and O–H groups in total. The van der Waals surface area contributed by atoms with Gasteiger partial charge >= 0.3 is 0 Å². The molecule has 2 fully saturated rings. The van der Waals surface area contributed by atoms with Crippen molar-refractivity contribution in [2.75, 3.05) is 34.0 Å². The van der Waals surface area contributed by atoms with Gasteiger partial charge in [0, 0.05) is 11.8 Å². The van der Waals surface area contributed by atoms with Gasteiger partial charge in [0.15, 0.2) is 23.0 Å². The lowest BCUT2D eigenvalue weighted by Gasteiger charge is -2.19. The van der Waals surface area contributed by atoms with E-state index in [0.29, 0.717) is 31.3 Å². The molecule has 2 aliphatic rings. The van der Waals surface area contributed by atoms with Gasteiger partial charge in [-0.15, -0.1) is 0 Å². The van der Waals surface area contributed by atoms with E-state index in [0.717, 1.165) is 16.9 Å². The Balaban J connectivity index is 1.51. The maximum Gasteiger partial charge on any atom is 0.161 e. The summed E-state index contributed by atoms with van der Waals surface area (Å²) in [4.78, 5) is 0. The van der Waals surface area contributed by atoms with Crippen LogP contribution in [0.15, 0.2) is 48.0 Å². The molecule has 2 aromatic carbocycles. The van der Waals surface area contributed by atoms with Gasteiger partial charge in [0.25, 0.3) is 0 Å². The summed E-state index contributed by atoms with van der Waals surface area (Å²) in [6.45, 7) is 5.83. The third-order valence-corrected chi connectivity index (χ3v) is 6.04. The van der Waals surface area contributed by atoms with Crippen LogP contribution in [0.3, 0.4) is 0 Å². The Bertz CT molecular complexity index is 949. The van der Waals surface area contributed by atoms with Gasteiger partial charge in [0.1, 0.15) is 6.61 Å². The Hall–Kier alpha value is -2.70. The van der Waals surface area contributed by atoms with E-state index in [2.05, 4.69) is 0 Å². The second-order valence-electron chi connectivity index (χ2n) is 8.27. The van der Waals surface area contributed by atoms with Crippen molar-refractivity contribution in [2.24, 2.45) is 11.8 Å². The topological polar surface area (TPSA) is 66.4 Å². The van der Waals surface area contributed by atoms with Crippen LogP contribution in [-0.4, -0.2) is 39.1 Å². The number of allylic oxidation sites excluding steroid dienone is 1. The highest BCUT2D eigenvalue weighted by atomic mass is 16.5. The standard InChI is InChI=1S/C25H30O6/c1-15(2)9-10-29-21-8-6-17(12-23(21)28-4)25-19-14-30-24(18(19)13-31-25)16-5-7-20(26)22(11-16)27-3/h5-9,11-12,18-19,24-26H,10,13-14H2,1-4H3/t18-,19-,24-,25-/m0/s1. The number of hydrogen-bond donors (Lipinski definition) is 1. The SMILES string of the molecule is COc1cc([C@@H]2OC[C@H]3[C@@H]2CO[C@H]3c2ccc(OCC=C(C)C)c(OC)c2)ccc1O. The van der Waals surface area contributed by atoms with Crippen molar-refractivity contribution in [2.45, 2.75) is 26.1 Å². The molecule has 31 heavy (non-hydrogen) atoms. The number of hydrogen-bond acceptors (Lipinski definition) is 6. The van der Waals surface area contributed by atoms with Crippen LogP contribution in [0.5, 0.6) is 23.0 Å². The maximum absolute atomic E-state index is 9.89. The minimum absolute atomic E-state index is 0.0604. The third-order valence-electron chi connectivity index (χ3n) is 6.04. The van der Waals surface area contributed by atoms with Crippen molar-refractivity contribution in [3.8, 4) is 23.0 Å². The Labute approximate surface area is 183 Å². The van der Waals surface area contributed by atoms with Gasteiger partial charge in [-0.2, -0.15) is 0 Å². The number of ether oxygens (including phenoxy) is 5. The molecule has 4 atom stereocenters. The van der Waals surface area contributed by atoms with Gasteiger partial charge in [0.05, 0.1) is 39.6 Å². The second kappa shape index (κ2) is 9.20. The lowest BCUT2D eigenvalue weighted by Crippen LogP contribution is -2.14. The zero-order chi connectivity index (χ0) is 22.0. The first-order valence-corrected chi connectivity index (χ1v) is 10.6. The zero-order valence-corrected chi connectivity index (χ0v) is 18.5. The van der Waals surface area contributed by atoms with Crippen LogP contribution in [0.1, 0.15) is 37.2 Å². The van der Waals surface area contributed by atoms with Gasteiger partial charge in [0.2, 0.25) is 0 Å². The average molecular weight is 427 g/mol. The highest BCUT2D eigenvalue weighted by Gasteiger charge is 2.48.